The zero-order valence-electron chi connectivity index (χ0n) is 15.3. The zero-order chi connectivity index (χ0) is 19.7. The number of nitrogens with zero attached hydrogens (tertiary/aromatic N) is 4. The molecule has 1 aliphatic rings. The van der Waals surface area contributed by atoms with Gasteiger partial charge in [0, 0.05) is 22.6 Å². The maximum Gasteiger partial charge on any atom is 0.247 e. The van der Waals surface area contributed by atoms with Crippen LogP contribution in [0.1, 0.15) is 25.1 Å². The molecule has 0 radical (unpaired) electrons. The monoisotopic (exact) mass is 412 g/mol. The van der Waals surface area contributed by atoms with E-state index in [1.807, 2.05) is 49.6 Å². The van der Waals surface area contributed by atoms with Crippen LogP contribution < -0.4 is 9.64 Å². The minimum atomic E-state index is -0.722. The Morgan fingerprint density at radius 2 is 2.04 bits per heavy atom. The average molecular weight is 413 g/mol. The fraction of sp³-hybridized carbons (Fsp3) is 0.200. The molecule has 3 aromatic rings. The molecule has 1 unspecified atom stereocenters. The molecular formula is C20H17ClN4O2S. The van der Waals surface area contributed by atoms with E-state index in [-0.39, 0.29) is 5.91 Å². The Labute approximate surface area is 171 Å². The Balaban J connectivity index is 1.98. The zero-order valence-corrected chi connectivity index (χ0v) is 16.9. The van der Waals surface area contributed by atoms with E-state index in [1.165, 1.54) is 11.8 Å². The van der Waals surface area contributed by atoms with E-state index in [2.05, 4.69) is 15.2 Å². The molecule has 0 saturated heterocycles. The van der Waals surface area contributed by atoms with Crippen LogP contribution >= 0.6 is 23.4 Å². The molecule has 28 heavy (non-hydrogen) atoms. The van der Waals surface area contributed by atoms with E-state index in [0.717, 1.165) is 11.1 Å². The van der Waals surface area contributed by atoms with E-state index in [1.54, 1.807) is 17.0 Å². The van der Waals surface area contributed by atoms with Crippen molar-refractivity contribution in [1.29, 1.82) is 0 Å². The van der Waals surface area contributed by atoms with Crippen molar-refractivity contribution in [1.82, 2.24) is 15.2 Å². The van der Waals surface area contributed by atoms with Crippen molar-refractivity contribution in [3.8, 4) is 17.1 Å². The van der Waals surface area contributed by atoms with E-state index in [9.17, 15) is 4.79 Å². The number of para-hydroxylation sites is 1. The second-order valence-electron chi connectivity index (χ2n) is 6.11. The highest BCUT2D eigenvalue weighted by Gasteiger charge is 2.35. The summed E-state index contributed by atoms with van der Waals surface area (Å²) >= 11 is 7.59. The number of benzene rings is 2. The average Bonchev–Trinajstić information content (AvgIpc) is 2.87. The molecule has 1 aliphatic heterocycles. The van der Waals surface area contributed by atoms with Crippen LogP contribution in [0.2, 0.25) is 5.02 Å². The maximum atomic E-state index is 13.0. The van der Waals surface area contributed by atoms with E-state index < -0.39 is 6.23 Å². The normalized spacial score (nSPS) is 15.2. The number of carbonyl (C=O) groups excluding carboxylic acids is 1. The molecule has 0 fully saturated rings. The number of fused-ring (bicyclic) bond motifs is 3. The smallest absolute Gasteiger partial charge is 0.247 e. The van der Waals surface area contributed by atoms with Crippen molar-refractivity contribution in [2.45, 2.75) is 24.7 Å². The molecule has 2 heterocycles. The molecule has 0 N–H and O–H groups in total. The highest BCUT2D eigenvalue weighted by molar-refractivity contribution is 7.98. The van der Waals surface area contributed by atoms with Crippen molar-refractivity contribution in [3.05, 3.63) is 59.1 Å². The van der Waals surface area contributed by atoms with E-state index >= 15 is 0 Å². The minimum absolute atomic E-state index is 0.0803. The van der Waals surface area contributed by atoms with Gasteiger partial charge in [-0.25, -0.2) is 0 Å². The third-order valence-electron chi connectivity index (χ3n) is 4.40. The Morgan fingerprint density at radius 1 is 1.21 bits per heavy atom. The number of anilines is 1. The lowest BCUT2D eigenvalue weighted by atomic mass is 10.1. The molecule has 0 saturated carbocycles. The van der Waals surface area contributed by atoms with Crippen molar-refractivity contribution in [3.63, 3.8) is 0 Å². The number of ether oxygens (including phenoxy) is 1. The molecule has 8 heteroatoms. The van der Waals surface area contributed by atoms with Gasteiger partial charge in [-0.2, -0.15) is 4.98 Å². The first-order valence-corrected chi connectivity index (χ1v) is 10.3. The summed E-state index contributed by atoms with van der Waals surface area (Å²) in [5.41, 5.74) is 2.70. The summed E-state index contributed by atoms with van der Waals surface area (Å²) in [4.78, 5) is 19.1. The van der Waals surface area contributed by atoms with Crippen molar-refractivity contribution in [2.75, 3.05) is 11.2 Å². The molecule has 0 spiro atoms. The SMILES string of the molecule is CCC(=O)N1c2ccccc2-c2nnc(SC)nc2OC1c1cccc(Cl)c1. The maximum absolute atomic E-state index is 13.0. The second-order valence-corrected chi connectivity index (χ2v) is 7.32. The number of aromatic nitrogens is 3. The third-order valence-corrected chi connectivity index (χ3v) is 5.17. The summed E-state index contributed by atoms with van der Waals surface area (Å²) in [5, 5.41) is 9.54. The Hall–Kier alpha value is -2.64. The number of amides is 1. The van der Waals surface area contributed by atoms with Crippen molar-refractivity contribution >= 4 is 35.0 Å². The summed E-state index contributed by atoms with van der Waals surface area (Å²) in [6.45, 7) is 1.82. The first kappa shape index (κ1) is 18.7. The minimum Gasteiger partial charge on any atom is -0.447 e. The molecule has 1 aromatic heterocycles. The summed E-state index contributed by atoms with van der Waals surface area (Å²) < 4.78 is 6.28. The molecular weight excluding hydrogens is 396 g/mol. The lowest BCUT2D eigenvalue weighted by Crippen LogP contribution is -2.37. The number of hydrogen-bond donors (Lipinski definition) is 0. The quantitative estimate of drug-likeness (QED) is 0.578. The molecule has 0 bridgehead atoms. The van der Waals surface area contributed by atoms with Gasteiger partial charge in [0.05, 0.1) is 5.69 Å². The first-order valence-electron chi connectivity index (χ1n) is 8.74. The Morgan fingerprint density at radius 3 is 2.79 bits per heavy atom. The lowest BCUT2D eigenvalue weighted by molar-refractivity contribution is -0.120. The fourth-order valence-corrected chi connectivity index (χ4v) is 3.61. The highest BCUT2D eigenvalue weighted by Crippen LogP contribution is 2.43. The standard InChI is InChI=1S/C20H17ClN4O2S/c1-3-16(26)25-15-10-5-4-9-14(15)17-18(22-20(28-2)24-23-17)27-19(25)12-7-6-8-13(21)11-12/h4-11,19H,3H2,1-2H3. The first-order chi connectivity index (χ1) is 13.6. The highest BCUT2D eigenvalue weighted by atomic mass is 35.5. The van der Waals surface area contributed by atoms with Gasteiger partial charge in [-0.15, -0.1) is 10.2 Å². The van der Waals surface area contributed by atoms with Crippen LogP contribution in [0.3, 0.4) is 0 Å². The predicted molar refractivity (Wildman–Crippen MR) is 110 cm³/mol. The van der Waals surface area contributed by atoms with E-state index in [0.29, 0.717) is 33.9 Å². The van der Waals surface area contributed by atoms with Crippen LogP contribution in [-0.4, -0.2) is 27.3 Å². The summed E-state index contributed by atoms with van der Waals surface area (Å²) in [6, 6.07) is 14.8. The van der Waals surface area contributed by atoms with Crippen molar-refractivity contribution < 1.29 is 9.53 Å². The number of halogens is 1. The van der Waals surface area contributed by atoms with Gasteiger partial charge in [-0.05, 0) is 24.5 Å². The fourth-order valence-electron chi connectivity index (χ4n) is 3.12. The van der Waals surface area contributed by atoms with Crippen LogP contribution in [0.25, 0.3) is 11.3 Å². The lowest BCUT2D eigenvalue weighted by Gasteiger charge is -2.30. The number of hydrogen-bond acceptors (Lipinski definition) is 6. The van der Waals surface area contributed by atoms with Gasteiger partial charge in [0.2, 0.25) is 23.2 Å². The van der Waals surface area contributed by atoms with Gasteiger partial charge in [0.1, 0.15) is 0 Å². The number of thioether (sulfide) groups is 1. The molecule has 0 aliphatic carbocycles. The molecule has 6 nitrogen and oxygen atoms in total. The molecule has 2 aromatic carbocycles. The molecule has 4 rings (SSSR count). The molecule has 142 valence electrons. The van der Waals surface area contributed by atoms with Gasteiger partial charge in [-0.1, -0.05) is 60.6 Å². The van der Waals surface area contributed by atoms with E-state index in [4.69, 9.17) is 16.3 Å². The van der Waals surface area contributed by atoms with Gasteiger partial charge < -0.3 is 4.74 Å². The summed E-state index contributed by atoms with van der Waals surface area (Å²) in [6.07, 6.45) is 1.47. The third kappa shape index (κ3) is 3.31. The van der Waals surface area contributed by atoms with Gasteiger partial charge in [-0.3, -0.25) is 9.69 Å². The number of rotatable bonds is 3. The second kappa shape index (κ2) is 7.77. The summed E-state index contributed by atoms with van der Waals surface area (Å²) in [5.74, 6) is 0.256. The largest absolute Gasteiger partial charge is 0.447 e. The van der Waals surface area contributed by atoms with Crippen LogP contribution in [-0.2, 0) is 4.79 Å². The van der Waals surface area contributed by atoms with Gasteiger partial charge in [0.15, 0.2) is 5.69 Å². The van der Waals surface area contributed by atoms with Crippen LogP contribution in [0.4, 0.5) is 5.69 Å². The van der Waals surface area contributed by atoms with Crippen molar-refractivity contribution in [2.24, 2.45) is 0 Å². The van der Waals surface area contributed by atoms with Gasteiger partial charge >= 0.3 is 0 Å². The molecule has 1 amide bonds. The molecule has 1 atom stereocenters. The Bertz CT molecular complexity index is 1050. The van der Waals surface area contributed by atoms with Crippen LogP contribution in [0, 0.1) is 0 Å². The van der Waals surface area contributed by atoms with Crippen LogP contribution in [0.15, 0.2) is 53.7 Å². The summed E-state index contributed by atoms with van der Waals surface area (Å²) in [7, 11) is 0. The predicted octanol–water partition coefficient (Wildman–Crippen LogP) is 4.75. The topological polar surface area (TPSA) is 68.2 Å². The number of carbonyl (C=O) groups is 1. The van der Waals surface area contributed by atoms with Crippen LogP contribution in [0.5, 0.6) is 5.88 Å². The van der Waals surface area contributed by atoms with Gasteiger partial charge in [0.25, 0.3) is 0 Å². The Kier molecular flexibility index (Phi) is 5.19.